The van der Waals surface area contributed by atoms with Crippen LogP contribution in [0.1, 0.15) is 0 Å². The van der Waals surface area contributed by atoms with Crippen LogP contribution < -0.4 is 0 Å². The molecular formula is C5H3F5O2. The predicted molar refractivity (Wildman–Crippen MR) is 26.6 cm³/mol. The Labute approximate surface area is 63.3 Å². The monoisotopic (exact) mass is 190 g/mol. The summed E-state index contributed by atoms with van der Waals surface area (Å²) in [6.45, 7) is -2.01. The highest BCUT2D eigenvalue weighted by Crippen LogP contribution is 2.28. The van der Waals surface area contributed by atoms with E-state index in [1.54, 1.807) is 0 Å². The van der Waals surface area contributed by atoms with Gasteiger partial charge >= 0.3 is 12.2 Å². The second-order valence-corrected chi connectivity index (χ2v) is 1.88. The van der Waals surface area contributed by atoms with Gasteiger partial charge in [-0.15, -0.1) is 0 Å². The lowest BCUT2D eigenvalue weighted by Gasteiger charge is -2.11. The van der Waals surface area contributed by atoms with Crippen molar-refractivity contribution in [3.05, 3.63) is 0 Å². The zero-order chi connectivity index (χ0) is 9.94. The van der Waals surface area contributed by atoms with E-state index in [4.69, 9.17) is 0 Å². The molecule has 0 aliphatic carbocycles. The summed E-state index contributed by atoms with van der Waals surface area (Å²) in [7, 11) is 0. The SMILES string of the molecule is O=C(F)C(C(=O)CF)C(F)(F)F. The standard InChI is InChI=1S/C5H3F5O2/c6-1-2(11)3(4(7)12)5(8,9)10/h3H,1H2. The van der Waals surface area contributed by atoms with E-state index < -0.39 is 30.6 Å². The molecule has 1 atom stereocenters. The molecule has 0 radical (unpaired) electrons. The number of rotatable bonds is 3. The van der Waals surface area contributed by atoms with Gasteiger partial charge in [-0.3, -0.25) is 9.59 Å². The molecule has 0 amide bonds. The average Bonchev–Trinajstić information content (AvgIpc) is 1.83. The first-order chi connectivity index (χ1) is 5.30. The van der Waals surface area contributed by atoms with E-state index >= 15 is 0 Å². The van der Waals surface area contributed by atoms with Crippen molar-refractivity contribution in [3.63, 3.8) is 0 Å². The Morgan fingerprint density at radius 3 is 1.75 bits per heavy atom. The molecule has 0 aromatic carbocycles. The zero-order valence-corrected chi connectivity index (χ0v) is 5.49. The molecule has 0 aromatic rings. The molecule has 0 fully saturated rings. The summed E-state index contributed by atoms with van der Waals surface area (Å²) in [5.74, 6) is -5.59. The van der Waals surface area contributed by atoms with E-state index in [2.05, 4.69) is 0 Å². The van der Waals surface area contributed by atoms with Crippen LogP contribution in [0.5, 0.6) is 0 Å². The molecule has 12 heavy (non-hydrogen) atoms. The van der Waals surface area contributed by atoms with Gasteiger partial charge in [-0.05, 0) is 0 Å². The fourth-order valence-electron chi connectivity index (χ4n) is 0.515. The predicted octanol–water partition coefficient (Wildman–Crippen LogP) is 1.20. The molecule has 0 aromatic heterocycles. The normalized spacial score (nSPS) is 14.1. The maximum atomic E-state index is 11.6. The van der Waals surface area contributed by atoms with Crippen LogP contribution >= 0.6 is 0 Å². The summed E-state index contributed by atoms with van der Waals surface area (Å²) in [6.07, 6.45) is -5.35. The van der Waals surface area contributed by atoms with Crippen molar-refractivity contribution in [1.29, 1.82) is 0 Å². The summed E-state index contributed by atoms with van der Waals surface area (Å²) in [6, 6.07) is -2.88. The van der Waals surface area contributed by atoms with Crippen LogP contribution in [0.25, 0.3) is 0 Å². The van der Waals surface area contributed by atoms with Crippen molar-refractivity contribution in [2.75, 3.05) is 6.67 Å². The first kappa shape index (κ1) is 11.0. The lowest BCUT2D eigenvalue weighted by Crippen LogP contribution is -2.36. The second kappa shape index (κ2) is 3.59. The Hall–Kier alpha value is -1.01. The highest BCUT2D eigenvalue weighted by Gasteiger charge is 2.50. The van der Waals surface area contributed by atoms with Gasteiger partial charge < -0.3 is 0 Å². The summed E-state index contributed by atoms with van der Waals surface area (Å²) in [4.78, 5) is 19.7. The maximum absolute atomic E-state index is 11.6. The van der Waals surface area contributed by atoms with Gasteiger partial charge in [-0.2, -0.15) is 17.6 Å². The minimum atomic E-state index is -5.35. The van der Waals surface area contributed by atoms with E-state index in [1.807, 2.05) is 0 Å². The van der Waals surface area contributed by atoms with Crippen LogP contribution in [0.15, 0.2) is 0 Å². The Morgan fingerprint density at radius 2 is 1.67 bits per heavy atom. The van der Waals surface area contributed by atoms with Crippen LogP contribution in [0.4, 0.5) is 22.0 Å². The molecule has 2 nitrogen and oxygen atoms in total. The third-order valence-corrected chi connectivity index (χ3v) is 1.01. The summed E-state index contributed by atoms with van der Waals surface area (Å²) in [5, 5.41) is 0. The van der Waals surface area contributed by atoms with Gasteiger partial charge in [0.2, 0.25) is 5.92 Å². The molecule has 0 rings (SSSR count). The van der Waals surface area contributed by atoms with E-state index in [9.17, 15) is 31.5 Å². The Bertz CT molecular complexity index is 197. The molecule has 7 heteroatoms. The minimum absolute atomic E-state index is 2.01. The number of carbonyl (C=O) groups excluding carboxylic acids is 2. The van der Waals surface area contributed by atoms with Gasteiger partial charge in [0.1, 0.15) is 6.67 Å². The molecule has 1 unspecified atom stereocenters. The minimum Gasteiger partial charge on any atom is -0.295 e. The van der Waals surface area contributed by atoms with Gasteiger partial charge in [0.15, 0.2) is 5.78 Å². The van der Waals surface area contributed by atoms with Crippen LogP contribution in [-0.2, 0) is 9.59 Å². The van der Waals surface area contributed by atoms with Gasteiger partial charge in [-0.1, -0.05) is 0 Å². The second-order valence-electron chi connectivity index (χ2n) is 1.88. The number of hydrogen-bond acceptors (Lipinski definition) is 2. The van der Waals surface area contributed by atoms with Crippen LogP contribution in [0.2, 0.25) is 0 Å². The molecular weight excluding hydrogens is 187 g/mol. The van der Waals surface area contributed by atoms with E-state index in [-0.39, 0.29) is 0 Å². The molecule has 70 valence electrons. The maximum Gasteiger partial charge on any atom is 0.408 e. The average molecular weight is 190 g/mol. The van der Waals surface area contributed by atoms with E-state index in [0.29, 0.717) is 0 Å². The van der Waals surface area contributed by atoms with Gasteiger partial charge in [0, 0.05) is 0 Å². The first-order valence-electron chi connectivity index (χ1n) is 2.65. The Morgan fingerprint density at radius 1 is 1.25 bits per heavy atom. The highest BCUT2D eigenvalue weighted by molar-refractivity contribution is 6.00. The molecule has 0 N–H and O–H groups in total. The summed E-state index contributed by atoms with van der Waals surface area (Å²) >= 11 is 0. The molecule has 0 aliphatic heterocycles. The molecule has 0 spiro atoms. The molecule has 0 heterocycles. The molecule has 0 aliphatic rings. The Balaban J connectivity index is 4.68. The fraction of sp³-hybridized carbons (Fsp3) is 0.600. The van der Waals surface area contributed by atoms with Crippen molar-refractivity contribution in [3.8, 4) is 0 Å². The lowest BCUT2D eigenvalue weighted by molar-refractivity contribution is -0.190. The number of alkyl halides is 4. The number of Topliss-reactive ketones (excluding diaryl/α,β-unsaturated/α-hetero) is 1. The van der Waals surface area contributed by atoms with Crippen LogP contribution in [0.3, 0.4) is 0 Å². The summed E-state index contributed by atoms with van der Waals surface area (Å²) < 4.78 is 57.6. The smallest absolute Gasteiger partial charge is 0.295 e. The quantitative estimate of drug-likeness (QED) is 0.380. The van der Waals surface area contributed by atoms with Crippen molar-refractivity contribution < 1.29 is 31.5 Å². The van der Waals surface area contributed by atoms with Crippen molar-refractivity contribution in [1.82, 2.24) is 0 Å². The van der Waals surface area contributed by atoms with Gasteiger partial charge in [0.05, 0.1) is 0 Å². The van der Waals surface area contributed by atoms with Crippen molar-refractivity contribution in [2.24, 2.45) is 5.92 Å². The van der Waals surface area contributed by atoms with Crippen LogP contribution in [-0.4, -0.2) is 24.7 Å². The first-order valence-corrected chi connectivity index (χ1v) is 2.65. The zero-order valence-electron chi connectivity index (χ0n) is 5.49. The third kappa shape index (κ3) is 2.55. The molecule has 0 bridgehead atoms. The topological polar surface area (TPSA) is 34.1 Å². The number of carbonyl (C=O) groups is 2. The van der Waals surface area contributed by atoms with Crippen molar-refractivity contribution >= 4 is 11.8 Å². The third-order valence-electron chi connectivity index (χ3n) is 1.01. The largest absolute Gasteiger partial charge is 0.408 e. The summed E-state index contributed by atoms with van der Waals surface area (Å²) in [5.41, 5.74) is 0. The fourth-order valence-corrected chi connectivity index (χ4v) is 0.515. The number of ketones is 1. The van der Waals surface area contributed by atoms with Crippen LogP contribution in [0, 0.1) is 5.92 Å². The van der Waals surface area contributed by atoms with Gasteiger partial charge in [0.25, 0.3) is 0 Å². The highest BCUT2D eigenvalue weighted by atomic mass is 19.4. The number of halogens is 5. The molecule has 0 saturated carbocycles. The van der Waals surface area contributed by atoms with Gasteiger partial charge in [-0.25, -0.2) is 4.39 Å². The van der Waals surface area contributed by atoms with E-state index in [1.165, 1.54) is 0 Å². The molecule has 0 saturated heterocycles. The Kier molecular flexibility index (Phi) is 3.29. The van der Waals surface area contributed by atoms with E-state index in [0.717, 1.165) is 0 Å². The lowest BCUT2D eigenvalue weighted by atomic mass is 10.1. The van der Waals surface area contributed by atoms with Crippen molar-refractivity contribution in [2.45, 2.75) is 6.18 Å². The number of hydrogen-bond donors (Lipinski definition) is 0.